The van der Waals surface area contributed by atoms with E-state index in [9.17, 15) is 9.59 Å². The summed E-state index contributed by atoms with van der Waals surface area (Å²) in [7, 11) is 3.32. The van der Waals surface area contributed by atoms with E-state index in [1.165, 1.54) is 10.8 Å². The maximum Gasteiger partial charge on any atom is 0.329 e. The minimum atomic E-state index is -0.435. The molecule has 1 amide bonds. The van der Waals surface area contributed by atoms with Gasteiger partial charge in [-0.3, -0.25) is 9.59 Å². The maximum atomic E-state index is 13.0. The molecule has 0 bridgehead atoms. The number of anilines is 3. The van der Waals surface area contributed by atoms with Gasteiger partial charge in [0.1, 0.15) is 17.0 Å². The number of fused-ring (bicyclic) bond motifs is 1. The van der Waals surface area contributed by atoms with Crippen molar-refractivity contribution in [2.45, 2.75) is 31.9 Å². The van der Waals surface area contributed by atoms with Crippen molar-refractivity contribution in [3.63, 3.8) is 0 Å². The molecule has 0 aliphatic heterocycles. The molecule has 13 nitrogen and oxygen atoms in total. The summed E-state index contributed by atoms with van der Waals surface area (Å²) in [5, 5.41) is 20.6. The average Bonchev–Trinajstić information content (AvgIpc) is 3.44. The van der Waals surface area contributed by atoms with Gasteiger partial charge in [-0.2, -0.15) is 0 Å². The fourth-order valence-electron chi connectivity index (χ4n) is 3.74. The van der Waals surface area contributed by atoms with Crippen molar-refractivity contribution in [2.24, 2.45) is 0 Å². The van der Waals surface area contributed by atoms with Crippen molar-refractivity contribution in [3.8, 4) is 6.01 Å². The van der Waals surface area contributed by atoms with Crippen molar-refractivity contribution < 1.29 is 18.5 Å². The van der Waals surface area contributed by atoms with Gasteiger partial charge in [-0.05, 0) is 25.0 Å². The Morgan fingerprint density at radius 3 is 2.76 bits per heavy atom. The van der Waals surface area contributed by atoms with Gasteiger partial charge < -0.3 is 29.6 Å². The summed E-state index contributed by atoms with van der Waals surface area (Å²) < 4.78 is 17.3. The van der Waals surface area contributed by atoms with Gasteiger partial charge in [-0.25, -0.2) is 9.55 Å². The highest BCUT2D eigenvalue weighted by Gasteiger charge is 2.34. The zero-order chi connectivity index (χ0) is 23.8. The molecule has 0 unspecified atom stereocenters. The zero-order valence-corrected chi connectivity index (χ0v) is 18.7. The second kappa shape index (κ2) is 8.59. The number of rotatable bonds is 7. The fourth-order valence-corrected chi connectivity index (χ4v) is 3.74. The molecule has 4 aromatic rings. The predicted molar refractivity (Wildman–Crippen MR) is 121 cm³/mol. The monoisotopic (exact) mass is 466 g/mol. The SMILES string of the molecule is CNc1cc(Nc2cccn(-c3nnc(C)o3)c2=O)nc2c(C(=O)N[C@@H]3CC[C@H]3OC)onc12. The van der Waals surface area contributed by atoms with Crippen LogP contribution in [0.15, 0.2) is 38.1 Å². The van der Waals surface area contributed by atoms with Gasteiger partial charge in [0, 0.05) is 33.3 Å². The number of amides is 1. The Balaban J connectivity index is 1.48. The lowest BCUT2D eigenvalue weighted by atomic mass is 9.89. The van der Waals surface area contributed by atoms with E-state index in [0.717, 1.165) is 12.8 Å². The zero-order valence-electron chi connectivity index (χ0n) is 18.7. The minimum absolute atomic E-state index is 0.0243. The van der Waals surface area contributed by atoms with Crippen molar-refractivity contribution in [3.05, 3.63) is 46.4 Å². The van der Waals surface area contributed by atoms with Crippen LogP contribution in [-0.4, -0.2) is 57.1 Å². The number of carbonyl (C=O) groups excluding carboxylic acids is 1. The van der Waals surface area contributed by atoms with Gasteiger partial charge in [-0.1, -0.05) is 10.3 Å². The number of ether oxygens (including phenoxy) is 1. The normalized spacial score (nSPS) is 17.4. The van der Waals surface area contributed by atoms with Crippen LogP contribution >= 0.6 is 0 Å². The van der Waals surface area contributed by atoms with E-state index < -0.39 is 11.5 Å². The van der Waals surface area contributed by atoms with Gasteiger partial charge in [0.2, 0.25) is 11.7 Å². The van der Waals surface area contributed by atoms with Crippen LogP contribution in [0.4, 0.5) is 17.2 Å². The quantitative estimate of drug-likeness (QED) is 0.364. The Bertz CT molecular complexity index is 1420. The third-order valence-corrected chi connectivity index (χ3v) is 5.67. The Kier molecular flexibility index (Phi) is 5.45. The van der Waals surface area contributed by atoms with E-state index in [1.54, 1.807) is 39.3 Å². The van der Waals surface area contributed by atoms with E-state index in [4.69, 9.17) is 13.7 Å². The second-order valence-electron chi connectivity index (χ2n) is 7.77. The van der Waals surface area contributed by atoms with E-state index in [-0.39, 0.29) is 35.1 Å². The minimum Gasteiger partial charge on any atom is -0.408 e. The molecule has 13 heteroatoms. The topological polar surface area (TPSA) is 162 Å². The first kappa shape index (κ1) is 21.6. The molecule has 0 aromatic carbocycles. The van der Waals surface area contributed by atoms with Crippen molar-refractivity contribution in [2.75, 3.05) is 24.8 Å². The highest BCUT2D eigenvalue weighted by molar-refractivity contribution is 6.05. The molecule has 1 aliphatic rings. The molecule has 1 saturated carbocycles. The number of hydrogen-bond acceptors (Lipinski definition) is 11. The Labute approximate surface area is 192 Å². The molecule has 1 aliphatic carbocycles. The first-order chi connectivity index (χ1) is 16.5. The van der Waals surface area contributed by atoms with E-state index in [1.807, 2.05) is 0 Å². The molecular formula is C21H22N8O5. The number of hydrogen-bond donors (Lipinski definition) is 3. The Morgan fingerprint density at radius 1 is 1.24 bits per heavy atom. The van der Waals surface area contributed by atoms with Crippen LogP contribution in [0.25, 0.3) is 17.0 Å². The molecule has 2 atom stereocenters. The largest absolute Gasteiger partial charge is 0.408 e. The molecule has 0 saturated heterocycles. The van der Waals surface area contributed by atoms with Crippen LogP contribution in [0.2, 0.25) is 0 Å². The number of pyridine rings is 2. The number of aryl methyl sites for hydroxylation is 1. The summed E-state index contributed by atoms with van der Waals surface area (Å²) in [5.74, 6) is 0.186. The summed E-state index contributed by atoms with van der Waals surface area (Å²) in [4.78, 5) is 30.3. The third kappa shape index (κ3) is 3.75. The average molecular weight is 466 g/mol. The number of methoxy groups -OCH3 is 1. The second-order valence-corrected chi connectivity index (χ2v) is 7.77. The van der Waals surface area contributed by atoms with Gasteiger partial charge in [0.15, 0.2) is 5.52 Å². The number of aromatic nitrogens is 5. The van der Waals surface area contributed by atoms with Crippen LogP contribution in [-0.2, 0) is 4.74 Å². The number of nitrogens with zero attached hydrogens (tertiary/aromatic N) is 5. The van der Waals surface area contributed by atoms with Gasteiger partial charge in [0.25, 0.3) is 11.5 Å². The van der Waals surface area contributed by atoms with Gasteiger partial charge >= 0.3 is 6.01 Å². The molecule has 0 radical (unpaired) electrons. The molecule has 176 valence electrons. The molecule has 3 N–H and O–H groups in total. The maximum absolute atomic E-state index is 13.0. The summed E-state index contributed by atoms with van der Waals surface area (Å²) in [6, 6.07) is 4.86. The highest BCUT2D eigenvalue weighted by Crippen LogP contribution is 2.29. The summed E-state index contributed by atoms with van der Waals surface area (Å²) in [6.07, 6.45) is 3.19. The third-order valence-electron chi connectivity index (χ3n) is 5.67. The summed E-state index contributed by atoms with van der Waals surface area (Å²) >= 11 is 0. The lowest BCUT2D eigenvalue weighted by molar-refractivity contribution is 0.00678. The molecular weight excluding hydrogens is 444 g/mol. The number of nitrogens with one attached hydrogen (secondary N) is 3. The van der Waals surface area contributed by atoms with Gasteiger partial charge in [0.05, 0.1) is 17.8 Å². The van der Waals surface area contributed by atoms with Crippen LogP contribution in [0.5, 0.6) is 0 Å². The van der Waals surface area contributed by atoms with Crippen LogP contribution in [0.3, 0.4) is 0 Å². The molecule has 5 rings (SSSR count). The summed E-state index contributed by atoms with van der Waals surface area (Å²) in [6.45, 7) is 1.63. The lowest BCUT2D eigenvalue weighted by Gasteiger charge is -2.35. The van der Waals surface area contributed by atoms with E-state index >= 15 is 0 Å². The van der Waals surface area contributed by atoms with E-state index in [0.29, 0.717) is 22.9 Å². The van der Waals surface area contributed by atoms with Crippen LogP contribution in [0.1, 0.15) is 29.3 Å². The predicted octanol–water partition coefficient (Wildman–Crippen LogP) is 1.76. The first-order valence-electron chi connectivity index (χ1n) is 10.6. The fraction of sp³-hybridized carbons (Fsp3) is 0.333. The molecule has 0 spiro atoms. The molecule has 34 heavy (non-hydrogen) atoms. The Hall–Kier alpha value is -4.26. The lowest BCUT2D eigenvalue weighted by Crippen LogP contribution is -2.51. The van der Waals surface area contributed by atoms with E-state index in [2.05, 4.69) is 36.3 Å². The molecule has 4 heterocycles. The first-order valence-corrected chi connectivity index (χ1v) is 10.6. The molecule has 1 fully saturated rings. The van der Waals surface area contributed by atoms with Crippen LogP contribution in [0, 0.1) is 6.92 Å². The molecule has 4 aromatic heterocycles. The van der Waals surface area contributed by atoms with Crippen molar-refractivity contribution >= 4 is 34.1 Å². The Morgan fingerprint density at radius 2 is 2.09 bits per heavy atom. The standard InChI is InChI=1S/C21H22N8O5/c1-10-26-27-21(33-10)29-8-4-5-12(20(29)31)23-15-9-13(22-2)16-17(25-15)18(34-28-16)19(30)24-11-6-7-14(11)32-3/h4-5,8-9,11,14,22H,6-7H2,1-3H3,(H,23,25)(H,24,30)/t11-,14-/m1/s1. The van der Waals surface area contributed by atoms with Crippen molar-refractivity contribution in [1.82, 2.24) is 30.2 Å². The number of carbonyl (C=O) groups is 1. The van der Waals surface area contributed by atoms with Crippen LogP contribution < -0.4 is 21.5 Å². The smallest absolute Gasteiger partial charge is 0.329 e. The van der Waals surface area contributed by atoms with Crippen molar-refractivity contribution in [1.29, 1.82) is 0 Å². The summed E-state index contributed by atoms with van der Waals surface area (Å²) in [5.41, 5.74) is 1.01. The highest BCUT2D eigenvalue weighted by atomic mass is 16.5. The van der Waals surface area contributed by atoms with Gasteiger partial charge in [-0.15, -0.1) is 5.10 Å².